The number of rotatable bonds is 6. The van der Waals surface area contributed by atoms with Crippen molar-refractivity contribution in [2.75, 3.05) is 26.2 Å². The fourth-order valence-corrected chi connectivity index (χ4v) is 4.27. The molecule has 3 nitrogen and oxygen atoms in total. The summed E-state index contributed by atoms with van der Waals surface area (Å²) < 4.78 is 0. The predicted molar refractivity (Wildman–Crippen MR) is 107 cm³/mol. The molecule has 0 saturated carbocycles. The van der Waals surface area contributed by atoms with E-state index in [4.69, 9.17) is 23.2 Å². The van der Waals surface area contributed by atoms with Gasteiger partial charge in [-0.25, -0.2) is 0 Å². The Morgan fingerprint density at radius 3 is 2.67 bits per heavy atom. The Morgan fingerprint density at radius 2 is 2.04 bits per heavy atom. The molecular weight excluding hydrogens is 387 g/mol. The van der Waals surface area contributed by atoms with E-state index in [0.29, 0.717) is 16.0 Å². The molecule has 0 spiro atoms. The minimum Gasteiger partial charge on any atom is -0.342 e. The summed E-state index contributed by atoms with van der Waals surface area (Å²) in [5.74, 6) is 0.872. The number of piperidine rings is 1. The van der Waals surface area contributed by atoms with E-state index >= 15 is 0 Å². The second kappa shape index (κ2) is 10.8. The van der Waals surface area contributed by atoms with E-state index in [0.717, 1.165) is 43.9 Å². The van der Waals surface area contributed by atoms with Gasteiger partial charge in [0, 0.05) is 23.0 Å². The molecule has 1 aliphatic heterocycles. The van der Waals surface area contributed by atoms with Crippen LogP contribution in [0.2, 0.25) is 10.0 Å². The lowest BCUT2D eigenvalue weighted by atomic mass is 9.96. The predicted octanol–water partition coefficient (Wildman–Crippen LogP) is 4.74. The van der Waals surface area contributed by atoms with Crippen LogP contribution >= 0.6 is 47.4 Å². The van der Waals surface area contributed by atoms with Gasteiger partial charge < -0.3 is 10.2 Å². The summed E-state index contributed by atoms with van der Waals surface area (Å²) in [4.78, 5) is 15.5. The Labute approximate surface area is 165 Å². The second-order valence-corrected chi connectivity index (χ2v) is 8.14. The first-order chi connectivity index (χ1) is 11.0. The van der Waals surface area contributed by atoms with Crippen molar-refractivity contribution in [1.82, 2.24) is 10.2 Å². The zero-order valence-corrected chi connectivity index (χ0v) is 17.2. The van der Waals surface area contributed by atoms with Crippen LogP contribution in [0, 0.1) is 5.92 Å². The minimum atomic E-state index is -0.156. The van der Waals surface area contributed by atoms with Gasteiger partial charge in [0.1, 0.15) is 0 Å². The van der Waals surface area contributed by atoms with E-state index in [1.807, 2.05) is 17.9 Å². The highest BCUT2D eigenvalue weighted by Crippen LogP contribution is 2.33. The molecular formula is C17H25Cl3N2OS. The number of carbonyl (C=O) groups is 1. The number of nitrogens with zero attached hydrogens (tertiary/aromatic N) is 1. The number of nitrogens with one attached hydrogen (secondary N) is 1. The van der Waals surface area contributed by atoms with E-state index in [2.05, 4.69) is 12.2 Å². The van der Waals surface area contributed by atoms with Crippen LogP contribution in [-0.2, 0) is 4.79 Å². The summed E-state index contributed by atoms with van der Waals surface area (Å²) in [6.07, 6.45) is 2.15. The van der Waals surface area contributed by atoms with Gasteiger partial charge in [-0.05, 0) is 57.0 Å². The highest BCUT2D eigenvalue weighted by Gasteiger charge is 2.26. The maximum atomic E-state index is 12.6. The van der Waals surface area contributed by atoms with Crippen molar-refractivity contribution in [2.45, 2.75) is 36.8 Å². The molecule has 1 aromatic carbocycles. The van der Waals surface area contributed by atoms with Crippen LogP contribution in [0.4, 0.5) is 0 Å². The standard InChI is InChI=1S/C17H24Cl2N2OS.ClH/c1-3-20-11-13-6-8-21(9-7-13)17(22)12(2)23-16-10-14(18)4-5-15(16)19;/h4-5,10,12-13,20H,3,6-9,11H2,1-2H3;1H. The summed E-state index contributed by atoms with van der Waals surface area (Å²) >= 11 is 13.7. The van der Waals surface area contributed by atoms with Crippen molar-refractivity contribution in [1.29, 1.82) is 0 Å². The van der Waals surface area contributed by atoms with Gasteiger partial charge in [-0.1, -0.05) is 30.1 Å². The number of hydrogen-bond donors (Lipinski definition) is 1. The van der Waals surface area contributed by atoms with Crippen LogP contribution in [0.1, 0.15) is 26.7 Å². The van der Waals surface area contributed by atoms with Gasteiger partial charge in [-0.15, -0.1) is 24.2 Å². The molecule has 1 aromatic rings. The zero-order chi connectivity index (χ0) is 16.8. The Morgan fingerprint density at radius 1 is 1.38 bits per heavy atom. The summed E-state index contributed by atoms with van der Waals surface area (Å²) in [6, 6.07) is 5.35. The van der Waals surface area contributed by atoms with Gasteiger partial charge in [0.05, 0.1) is 10.3 Å². The number of halogens is 3. The summed E-state index contributed by atoms with van der Waals surface area (Å²) in [5.41, 5.74) is 0. The molecule has 0 bridgehead atoms. The highest BCUT2D eigenvalue weighted by atomic mass is 35.5. The van der Waals surface area contributed by atoms with Crippen LogP contribution in [0.25, 0.3) is 0 Å². The first kappa shape index (κ1) is 21.9. The molecule has 24 heavy (non-hydrogen) atoms. The molecule has 1 unspecified atom stereocenters. The van der Waals surface area contributed by atoms with E-state index in [-0.39, 0.29) is 23.6 Å². The van der Waals surface area contributed by atoms with Crippen LogP contribution < -0.4 is 5.32 Å². The lowest BCUT2D eigenvalue weighted by Gasteiger charge is -2.33. The van der Waals surface area contributed by atoms with Crippen molar-refractivity contribution in [3.8, 4) is 0 Å². The van der Waals surface area contributed by atoms with Gasteiger partial charge in [0.15, 0.2) is 0 Å². The van der Waals surface area contributed by atoms with Crippen LogP contribution in [0.15, 0.2) is 23.1 Å². The average Bonchev–Trinajstić information content (AvgIpc) is 2.56. The van der Waals surface area contributed by atoms with E-state index in [9.17, 15) is 4.79 Å². The molecule has 1 fully saturated rings. The molecule has 7 heteroatoms. The third-order valence-corrected chi connectivity index (χ3v) is 5.98. The molecule has 1 saturated heterocycles. The molecule has 136 valence electrons. The van der Waals surface area contributed by atoms with Crippen molar-refractivity contribution < 1.29 is 4.79 Å². The zero-order valence-electron chi connectivity index (χ0n) is 14.1. The summed E-state index contributed by atoms with van der Waals surface area (Å²) in [5, 5.41) is 4.52. The smallest absolute Gasteiger partial charge is 0.235 e. The van der Waals surface area contributed by atoms with Gasteiger partial charge in [-0.3, -0.25) is 4.79 Å². The summed E-state index contributed by atoms with van der Waals surface area (Å²) in [7, 11) is 0. The Hall–Kier alpha value is -0.130. The summed E-state index contributed by atoms with van der Waals surface area (Å²) in [6.45, 7) is 7.83. The molecule has 1 amide bonds. The molecule has 2 rings (SSSR count). The number of carbonyl (C=O) groups excluding carboxylic acids is 1. The topological polar surface area (TPSA) is 32.3 Å². The lowest BCUT2D eigenvalue weighted by Crippen LogP contribution is -2.43. The molecule has 0 radical (unpaired) electrons. The molecule has 1 atom stereocenters. The molecule has 1 aliphatic rings. The fraction of sp³-hybridized carbons (Fsp3) is 0.588. The number of hydrogen-bond acceptors (Lipinski definition) is 3. The van der Waals surface area contributed by atoms with Crippen molar-refractivity contribution >= 4 is 53.3 Å². The lowest BCUT2D eigenvalue weighted by molar-refractivity contribution is -0.131. The monoisotopic (exact) mass is 410 g/mol. The maximum absolute atomic E-state index is 12.6. The van der Waals surface area contributed by atoms with Crippen LogP contribution in [0.5, 0.6) is 0 Å². The Balaban J connectivity index is 0.00000288. The third kappa shape index (κ3) is 6.30. The van der Waals surface area contributed by atoms with Crippen LogP contribution in [0.3, 0.4) is 0 Å². The second-order valence-electron chi connectivity index (χ2n) is 5.91. The third-order valence-electron chi connectivity index (χ3n) is 4.15. The SMILES string of the molecule is CCNCC1CCN(C(=O)C(C)Sc2cc(Cl)ccc2Cl)CC1.Cl. The maximum Gasteiger partial charge on any atom is 0.235 e. The normalized spacial score (nSPS) is 16.6. The van der Waals surface area contributed by atoms with Crippen LogP contribution in [-0.4, -0.2) is 42.2 Å². The van der Waals surface area contributed by atoms with E-state index in [1.54, 1.807) is 12.1 Å². The Bertz CT molecular complexity index is 537. The van der Waals surface area contributed by atoms with Crippen molar-refractivity contribution in [3.63, 3.8) is 0 Å². The first-order valence-corrected chi connectivity index (χ1v) is 9.76. The first-order valence-electron chi connectivity index (χ1n) is 8.12. The van der Waals surface area contributed by atoms with E-state index in [1.165, 1.54) is 11.8 Å². The fourth-order valence-electron chi connectivity index (χ4n) is 2.77. The van der Waals surface area contributed by atoms with Gasteiger partial charge in [0.25, 0.3) is 0 Å². The molecule has 1 heterocycles. The minimum absolute atomic E-state index is 0. The van der Waals surface area contributed by atoms with Gasteiger partial charge in [0.2, 0.25) is 5.91 Å². The largest absolute Gasteiger partial charge is 0.342 e. The number of likely N-dealkylation sites (tertiary alicyclic amines) is 1. The number of amides is 1. The number of thioether (sulfide) groups is 1. The van der Waals surface area contributed by atoms with Gasteiger partial charge in [-0.2, -0.15) is 0 Å². The molecule has 1 N–H and O–H groups in total. The average molecular weight is 412 g/mol. The molecule has 0 aromatic heterocycles. The number of benzene rings is 1. The quantitative estimate of drug-likeness (QED) is 0.686. The van der Waals surface area contributed by atoms with Gasteiger partial charge >= 0.3 is 0 Å². The Kier molecular flexibility index (Phi) is 9.83. The van der Waals surface area contributed by atoms with Crippen molar-refractivity contribution in [2.24, 2.45) is 5.92 Å². The molecule has 0 aliphatic carbocycles. The highest BCUT2D eigenvalue weighted by molar-refractivity contribution is 8.00. The van der Waals surface area contributed by atoms with E-state index < -0.39 is 0 Å². The van der Waals surface area contributed by atoms with Crippen molar-refractivity contribution in [3.05, 3.63) is 28.2 Å².